The first kappa shape index (κ1) is 13.4. The van der Waals surface area contributed by atoms with Crippen molar-refractivity contribution in [1.29, 1.82) is 0 Å². The van der Waals surface area contributed by atoms with Gasteiger partial charge < -0.3 is 15.2 Å². The third-order valence-electron chi connectivity index (χ3n) is 3.97. The minimum absolute atomic E-state index is 0.00346. The maximum Gasteiger partial charge on any atom is 0.326 e. The SMILES string of the molecule is O=c1[nH]c2ccccc2n1CCCN1CCCNCC1. The number of hydrogen-bond acceptors (Lipinski definition) is 3. The Morgan fingerprint density at radius 2 is 2.00 bits per heavy atom. The summed E-state index contributed by atoms with van der Waals surface area (Å²) in [5.41, 5.74) is 1.94. The van der Waals surface area contributed by atoms with Gasteiger partial charge in [0.05, 0.1) is 11.0 Å². The van der Waals surface area contributed by atoms with Crippen molar-refractivity contribution >= 4 is 11.0 Å². The topological polar surface area (TPSA) is 53.1 Å². The zero-order chi connectivity index (χ0) is 13.8. The second-order valence-electron chi connectivity index (χ2n) is 5.40. The molecular formula is C15H22N4O. The molecule has 5 nitrogen and oxygen atoms in total. The first-order valence-corrected chi connectivity index (χ1v) is 7.45. The molecule has 1 aliphatic rings. The van der Waals surface area contributed by atoms with Crippen LogP contribution in [-0.2, 0) is 6.54 Å². The highest BCUT2D eigenvalue weighted by Gasteiger charge is 2.09. The molecule has 2 aromatic rings. The Morgan fingerprint density at radius 3 is 2.95 bits per heavy atom. The molecule has 2 N–H and O–H groups in total. The van der Waals surface area contributed by atoms with Gasteiger partial charge >= 0.3 is 5.69 Å². The highest BCUT2D eigenvalue weighted by Crippen LogP contribution is 2.09. The molecule has 5 heteroatoms. The fourth-order valence-corrected chi connectivity index (χ4v) is 2.91. The Balaban J connectivity index is 1.62. The standard InChI is InChI=1S/C15H22N4O/c20-15-17-13-5-1-2-6-14(13)19(15)11-4-10-18-9-3-7-16-8-12-18/h1-2,5-6,16H,3-4,7-12H2,(H,17,20). The number of nitrogens with one attached hydrogen (secondary N) is 2. The lowest BCUT2D eigenvalue weighted by atomic mass is 10.3. The number of fused-ring (bicyclic) bond motifs is 1. The van der Waals surface area contributed by atoms with Gasteiger partial charge in [-0.25, -0.2) is 4.79 Å². The van der Waals surface area contributed by atoms with Crippen LogP contribution in [0, 0.1) is 0 Å². The van der Waals surface area contributed by atoms with E-state index in [2.05, 4.69) is 15.2 Å². The van der Waals surface area contributed by atoms with Crippen molar-refractivity contribution in [3.05, 3.63) is 34.7 Å². The molecule has 0 bridgehead atoms. The van der Waals surface area contributed by atoms with Crippen molar-refractivity contribution in [3.8, 4) is 0 Å². The van der Waals surface area contributed by atoms with Gasteiger partial charge in [0.15, 0.2) is 0 Å². The highest BCUT2D eigenvalue weighted by atomic mass is 16.1. The summed E-state index contributed by atoms with van der Waals surface area (Å²) in [5, 5.41) is 3.41. The molecule has 1 aromatic carbocycles. The molecule has 20 heavy (non-hydrogen) atoms. The molecule has 1 fully saturated rings. The number of H-pyrrole nitrogens is 1. The highest BCUT2D eigenvalue weighted by molar-refractivity contribution is 5.74. The van der Waals surface area contributed by atoms with Crippen LogP contribution in [0.2, 0.25) is 0 Å². The van der Waals surface area contributed by atoms with Crippen LogP contribution < -0.4 is 11.0 Å². The molecule has 1 saturated heterocycles. The first-order chi connectivity index (χ1) is 9.84. The number of aryl methyl sites for hydroxylation is 1. The second kappa shape index (κ2) is 6.24. The summed E-state index contributed by atoms with van der Waals surface area (Å²) < 4.78 is 1.85. The van der Waals surface area contributed by atoms with E-state index in [0.717, 1.165) is 56.7 Å². The van der Waals surface area contributed by atoms with Crippen LogP contribution in [0.5, 0.6) is 0 Å². The summed E-state index contributed by atoms with van der Waals surface area (Å²) in [7, 11) is 0. The molecule has 0 unspecified atom stereocenters. The van der Waals surface area contributed by atoms with E-state index in [0.29, 0.717) is 0 Å². The number of nitrogens with zero attached hydrogens (tertiary/aromatic N) is 2. The molecule has 0 saturated carbocycles. The van der Waals surface area contributed by atoms with Crippen LogP contribution in [0.25, 0.3) is 11.0 Å². The fraction of sp³-hybridized carbons (Fsp3) is 0.533. The fourth-order valence-electron chi connectivity index (χ4n) is 2.91. The van der Waals surface area contributed by atoms with E-state index in [1.54, 1.807) is 0 Å². The van der Waals surface area contributed by atoms with E-state index in [4.69, 9.17) is 0 Å². The van der Waals surface area contributed by atoms with E-state index in [1.165, 1.54) is 6.42 Å². The third kappa shape index (κ3) is 2.94. The molecule has 0 radical (unpaired) electrons. The maximum atomic E-state index is 12.0. The van der Waals surface area contributed by atoms with E-state index < -0.39 is 0 Å². The van der Waals surface area contributed by atoms with Crippen LogP contribution in [0.1, 0.15) is 12.8 Å². The largest absolute Gasteiger partial charge is 0.326 e. The average Bonchev–Trinajstić information content (AvgIpc) is 2.65. The molecule has 1 aromatic heterocycles. The van der Waals surface area contributed by atoms with Crippen molar-refractivity contribution in [2.75, 3.05) is 32.7 Å². The summed E-state index contributed by atoms with van der Waals surface area (Å²) in [4.78, 5) is 17.4. The summed E-state index contributed by atoms with van der Waals surface area (Å²) in [5.74, 6) is 0. The van der Waals surface area contributed by atoms with Crippen LogP contribution in [0.3, 0.4) is 0 Å². The average molecular weight is 274 g/mol. The van der Waals surface area contributed by atoms with Gasteiger partial charge in [-0.2, -0.15) is 0 Å². The van der Waals surface area contributed by atoms with Gasteiger partial charge in [-0.05, 0) is 44.6 Å². The quantitative estimate of drug-likeness (QED) is 0.875. The summed E-state index contributed by atoms with van der Waals surface area (Å²) in [6, 6.07) is 7.89. The first-order valence-electron chi connectivity index (χ1n) is 7.45. The van der Waals surface area contributed by atoms with Crippen LogP contribution in [-0.4, -0.2) is 47.2 Å². The summed E-state index contributed by atoms with van der Waals surface area (Å²) in [6.45, 7) is 6.32. The maximum absolute atomic E-state index is 12.0. The van der Waals surface area contributed by atoms with E-state index in [9.17, 15) is 4.79 Å². The van der Waals surface area contributed by atoms with Gasteiger partial charge in [0.2, 0.25) is 0 Å². The second-order valence-corrected chi connectivity index (χ2v) is 5.40. The predicted molar refractivity (Wildman–Crippen MR) is 81.1 cm³/mol. The minimum Gasteiger partial charge on any atom is -0.315 e. The molecular weight excluding hydrogens is 252 g/mol. The van der Waals surface area contributed by atoms with Crippen LogP contribution in [0.4, 0.5) is 0 Å². The lowest BCUT2D eigenvalue weighted by Gasteiger charge is -2.19. The van der Waals surface area contributed by atoms with Crippen molar-refractivity contribution in [3.63, 3.8) is 0 Å². The molecule has 0 atom stereocenters. The third-order valence-corrected chi connectivity index (χ3v) is 3.97. The summed E-state index contributed by atoms with van der Waals surface area (Å²) >= 11 is 0. The van der Waals surface area contributed by atoms with E-state index in [1.807, 2.05) is 28.8 Å². The molecule has 3 rings (SSSR count). The van der Waals surface area contributed by atoms with Crippen LogP contribution >= 0.6 is 0 Å². The molecule has 108 valence electrons. The zero-order valence-electron chi connectivity index (χ0n) is 11.8. The predicted octanol–water partition coefficient (Wildman–Crippen LogP) is 1.01. The Hall–Kier alpha value is -1.59. The molecule has 1 aliphatic heterocycles. The van der Waals surface area contributed by atoms with Crippen molar-refractivity contribution in [1.82, 2.24) is 19.8 Å². The van der Waals surface area contributed by atoms with Gasteiger partial charge in [0, 0.05) is 19.6 Å². The lowest BCUT2D eigenvalue weighted by Crippen LogP contribution is -2.30. The van der Waals surface area contributed by atoms with Gasteiger partial charge in [-0.1, -0.05) is 12.1 Å². The Morgan fingerprint density at radius 1 is 1.10 bits per heavy atom. The normalized spacial score (nSPS) is 17.4. The monoisotopic (exact) mass is 274 g/mol. The van der Waals surface area contributed by atoms with Gasteiger partial charge in [-0.3, -0.25) is 4.57 Å². The lowest BCUT2D eigenvalue weighted by molar-refractivity contribution is 0.283. The van der Waals surface area contributed by atoms with Gasteiger partial charge in [-0.15, -0.1) is 0 Å². The van der Waals surface area contributed by atoms with Crippen molar-refractivity contribution < 1.29 is 0 Å². The van der Waals surface area contributed by atoms with E-state index >= 15 is 0 Å². The molecule has 0 spiro atoms. The number of aromatic amines is 1. The number of benzene rings is 1. The minimum atomic E-state index is 0.00346. The van der Waals surface area contributed by atoms with E-state index in [-0.39, 0.29) is 5.69 Å². The number of hydrogen-bond donors (Lipinski definition) is 2. The Labute approximate surface area is 118 Å². The molecule has 0 amide bonds. The Kier molecular flexibility index (Phi) is 4.18. The Bertz CT molecular complexity index is 608. The smallest absolute Gasteiger partial charge is 0.315 e. The van der Waals surface area contributed by atoms with Crippen molar-refractivity contribution in [2.45, 2.75) is 19.4 Å². The van der Waals surface area contributed by atoms with Gasteiger partial charge in [0.1, 0.15) is 0 Å². The molecule has 0 aliphatic carbocycles. The van der Waals surface area contributed by atoms with Crippen LogP contribution in [0.15, 0.2) is 29.1 Å². The summed E-state index contributed by atoms with van der Waals surface area (Å²) in [6.07, 6.45) is 2.23. The van der Waals surface area contributed by atoms with Gasteiger partial charge in [0.25, 0.3) is 0 Å². The zero-order valence-corrected chi connectivity index (χ0v) is 11.8. The number of rotatable bonds is 4. The number of aromatic nitrogens is 2. The van der Waals surface area contributed by atoms with Crippen molar-refractivity contribution in [2.24, 2.45) is 0 Å². The molecule has 2 heterocycles. The number of imidazole rings is 1. The number of para-hydroxylation sites is 2.